The van der Waals surface area contributed by atoms with E-state index in [2.05, 4.69) is 5.32 Å². The van der Waals surface area contributed by atoms with Crippen LogP contribution < -0.4 is 5.32 Å². The molecule has 1 N–H and O–H groups in total. The van der Waals surface area contributed by atoms with E-state index in [1.54, 1.807) is 23.1 Å². The van der Waals surface area contributed by atoms with Crippen molar-refractivity contribution in [2.24, 2.45) is 0 Å². The lowest BCUT2D eigenvalue weighted by molar-refractivity contribution is -0.137. The molecule has 7 heteroatoms. The summed E-state index contributed by atoms with van der Waals surface area (Å²) in [5.74, 6) is -0.825. The van der Waals surface area contributed by atoms with Crippen molar-refractivity contribution >= 4 is 17.8 Å². The molecule has 2 aliphatic rings. The molecule has 3 rings (SSSR count). The lowest BCUT2D eigenvalue weighted by Crippen LogP contribution is -2.55. The number of hydrogen-bond donors (Lipinski definition) is 1. The smallest absolute Gasteiger partial charge is 0.325 e. The maximum absolute atomic E-state index is 13.8. The van der Waals surface area contributed by atoms with Gasteiger partial charge >= 0.3 is 6.03 Å². The van der Waals surface area contributed by atoms with E-state index in [1.807, 2.05) is 0 Å². The number of piperidine rings is 1. The molecule has 0 atom stereocenters. The molecule has 4 amide bonds. The number of imide groups is 1. The number of hydrogen-bond acceptors (Lipinski definition) is 3. The van der Waals surface area contributed by atoms with Crippen LogP contribution in [0.4, 0.5) is 9.18 Å². The Morgan fingerprint density at radius 2 is 1.91 bits per heavy atom. The molecule has 0 unspecified atom stereocenters. The predicted octanol–water partition coefficient (Wildman–Crippen LogP) is 1.26. The third-order valence-electron chi connectivity index (χ3n) is 4.59. The Morgan fingerprint density at radius 3 is 2.52 bits per heavy atom. The highest BCUT2D eigenvalue weighted by Gasteiger charge is 2.52. The summed E-state index contributed by atoms with van der Waals surface area (Å²) in [6.07, 6.45) is 0.760. The third-order valence-corrected chi connectivity index (χ3v) is 4.59. The Kier molecular flexibility index (Phi) is 3.79. The minimum atomic E-state index is -0.964. The molecule has 1 spiro atoms. The van der Waals surface area contributed by atoms with Gasteiger partial charge in [0.25, 0.3) is 5.91 Å². The van der Waals surface area contributed by atoms with Gasteiger partial charge in [0, 0.05) is 25.6 Å². The molecule has 0 bridgehead atoms. The summed E-state index contributed by atoms with van der Waals surface area (Å²) in [7, 11) is 0. The summed E-state index contributed by atoms with van der Waals surface area (Å²) in [5.41, 5.74) is -0.664. The summed E-state index contributed by atoms with van der Waals surface area (Å²) in [4.78, 5) is 39.0. The summed E-state index contributed by atoms with van der Waals surface area (Å²) in [5, 5.41) is 2.75. The second-order valence-electron chi connectivity index (χ2n) is 6.00. The lowest BCUT2D eigenvalue weighted by atomic mass is 9.87. The molecule has 0 aromatic heterocycles. The van der Waals surface area contributed by atoms with Crippen LogP contribution in [-0.2, 0) is 16.1 Å². The second kappa shape index (κ2) is 5.64. The average molecular weight is 319 g/mol. The fraction of sp³-hybridized carbons (Fsp3) is 0.438. The van der Waals surface area contributed by atoms with Gasteiger partial charge in [-0.05, 0) is 18.9 Å². The van der Waals surface area contributed by atoms with Gasteiger partial charge in [0.1, 0.15) is 11.4 Å². The molecule has 1 aromatic rings. The van der Waals surface area contributed by atoms with Gasteiger partial charge in [-0.2, -0.15) is 0 Å². The van der Waals surface area contributed by atoms with Crippen LogP contribution >= 0.6 is 0 Å². The molecule has 122 valence electrons. The minimum Gasteiger partial charge on any atom is -0.343 e. The van der Waals surface area contributed by atoms with Crippen LogP contribution in [0.2, 0.25) is 0 Å². The first-order chi connectivity index (χ1) is 10.9. The lowest BCUT2D eigenvalue weighted by Gasteiger charge is -2.36. The molecule has 0 radical (unpaired) electrons. The highest BCUT2D eigenvalue weighted by Crippen LogP contribution is 2.30. The van der Waals surface area contributed by atoms with Gasteiger partial charge in [-0.15, -0.1) is 0 Å². The molecule has 23 heavy (non-hydrogen) atoms. The van der Waals surface area contributed by atoms with Crippen LogP contribution in [-0.4, -0.2) is 46.3 Å². The summed E-state index contributed by atoms with van der Waals surface area (Å²) in [6, 6.07) is 5.57. The van der Waals surface area contributed by atoms with Crippen LogP contribution in [0.5, 0.6) is 0 Å². The van der Waals surface area contributed by atoms with E-state index in [0.717, 1.165) is 4.90 Å². The van der Waals surface area contributed by atoms with E-state index in [4.69, 9.17) is 0 Å². The van der Waals surface area contributed by atoms with Gasteiger partial charge in [0.05, 0.1) is 6.54 Å². The number of rotatable bonds is 2. The molecule has 2 fully saturated rings. The number of carbonyl (C=O) groups is 3. The highest BCUT2D eigenvalue weighted by molar-refractivity contribution is 6.07. The van der Waals surface area contributed by atoms with Crippen molar-refractivity contribution in [3.63, 3.8) is 0 Å². The number of benzene rings is 1. The maximum atomic E-state index is 13.8. The predicted molar refractivity (Wildman–Crippen MR) is 79.7 cm³/mol. The standard InChI is InChI=1S/C16H18FN3O3/c1-11(21)19-8-6-16(7-9-19)14(22)20(15(23)18-16)10-12-4-2-3-5-13(12)17/h2-5H,6-10H2,1H3,(H,18,23). The first-order valence-corrected chi connectivity index (χ1v) is 7.56. The van der Waals surface area contributed by atoms with Crippen LogP contribution in [0.15, 0.2) is 24.3 Å². The molecule has 2 aliphatic heterocycles. The quantitative estimate of drug-likeness (QED) is 0.834. The number of amides is 4. The molecule has 6 nitrogen and oxygen atoms in total. The fourth-order valence-corrected chi connectivity index (χ4v) is 3.16. The van der Waals surface area contributed by atoms with Gasteiger partial charge in [0.2, 0.25) is 5.91 Å². The Morgan fingerprint density at radius 1 is 1.26 bits per heavy atom. The van der Waals surface area contributed by atoms with Gasteiger partial charge in [-0.3, -0.25) is 14.5 Å². The maximum Gasteiger partial charge on any atom is 0.325 e. The fourth-order valence-electron chi connectivity index (χ4n) is 3.16. The van der Waals surface area contributed by atoms with E-state index >= 15 is 0 Å². The number of halogens is 1. The molecular weight excluding hydrogens is 301 g/mol. The van der Waals surface area contributed by atoms with Crippen molar-refractivity contribution in [1.82, 2.24) is 15.1 Å². The zero-order chi connectivity index (χ0) is 16.6. The zero-order valence-electron chi connectivity index (χ0n) is 12.8. The summed E-state index contributed by atoms with van der Waals surface area (Å²) in [6.45, 7) is 2.25. The largest absolute Gasteiger partial charge is 0.343 e. The summed E-state index contributed by atoms with van der Waals surface area (Å²) >= 11 is 0. The van der Waals surface area contributed by atoms with Gasteiger partial charge in [-0.25, -0.2) is 9.18 Å². The molecule has 2 saturated heterocycles. The van der Waals surface area contributed by atoms with Crippen molar-refractivity contribution in [2.45, 2.75) is 31.8 Å². The van der Waals surface area contributed by atoms with Crippen LogP contribution in [0.25, 0.3) is 0 Å². The topological polar surface area (TPSA) is 69.7 Å². The first kappa shape index (κ1) is 15.5. The van der Waals surface area contributed by atoms with E-state index in [9.17, 15) is 18.8 Å². The highest BCUT2D eigenvalue weighted by atomic mass is 19.1. The molecular formula is C16H18FN3O3. The SMILES string of the molecule is CC(=O)N1CCC2(CC1)NC(=O)N(Cc1ccccc1F)C2=O. The van der Waals surface area contributed by atoms with Crippen LogP contribution in [0.3, 0.4) is 0 Å². The molecule has 2 heterocycles. The van der Waals surface area contributed by atoms with Crippen molar-refractivity contribution in [1.29, 1.82) is 0 Å². The monoisotopic (exact) mass is 319 g/mol. The van der Waals surface area contributed by atoms with Crippen molar-refractivity contribution < 1.29 is 18.8 Å². The average Bonchev–Trinajstić information content (AvgIpc) is 2.74. The first-order valence-electron chi connectivity index (χ1n) is 7.56. The number of nitrogens with one attached hydrogen (secondary N) is 1. The Balaban J connectivity index is 1.76. The molecule has 1 aromatic carbocycles. The number of likely N-dealkylation sites (tertiary alicyclic amines) is 1. The van der Waals surface area contributed by atoms with Crippen LogP contribution in [0, 0.1) is 5.82 Å². The number of carbonyl (C=O) groups excluding carboxylic acids is 3. The summed E-state index contributed by atoms with van der Waals surface area (Å²) < 4.78 is 13.8. The third kappa shape index (κ3) is 2.67. The normalized spacial score (nSPS) is 20.1. The Hall–Kier alpha value is -2.44. The van der Waals surface area contributed by atoms with E-state index in [1.165, 1.54) is 13.0 Å². The minimum absolute atomic E-state index is 0.0418. The number of nitrogens with zero attached hydrogens (tertiary/aromatic N) is 2. The van der Waals surface area contributed by atoms with Crippen molar-refractivity contribution in [3.05, 3.63) is 35.6 Å². The van der Waals surface area contributed by atoms with E-state index in [0.29, 0.717) is 31.5 Å². The van der Waals surface area contributed by atoms with Crippen molar-refractivity contribution in [3.8, 4) is 0 Å². The van der Waals surface area contributed by atoms with Gasteiger partial charge in [0.15, 0.2) is 0 Å². The second-order valence-corrected chi connectivity index (χ2v) is 6.00. The number of urea groups is 1. The van der Waals surface area contributed by atoms with Crippen molar-refractivity contribution in [2.75, 3.05) is 13.1 Å². The Bertz CT molecular complexity index is 668. The van der Waals surface area contributed by atoms with Gasteiger partial charge < -0.3 is 10.2 Å². The van der Waals surface area contributed by atoms with E-state index in [-0.39, 0.29) is 18.4 Å². The van der Waals surface area contributed by atoms with Crippen LogP contribution in [0.1, 0.15) is 25.3 Å². The van der Waals surface area contributed by atoms with E-state index < -0.39 is 17.4 Å². The van der Waals surface area contributed by atoms with Gasteiger partial charge in [-0.1, -0.05) is 18.2 Å². The Labute approximate surface area is 133 Å². The molecule has 0 saturated carbocycles. The molecule has 0 aliphatic carbocycles. The zero-order valence-corrected chi connectivity index (χ0v) is 12.8.